The Labute approximate surface area is 147 Å². The van der Waals surface area contributed by atoms with Crippen LogP contribution in [0.5, 0.6) is 0 Å². The van der Waals surface area contributed by atoms with Gasteiger partial charge in [-0.2, -0.15) is 0 Å². The van der Waals surface area contributed by atoms with Crippen molar-refractivity contribution in [2.45, 2.75) is 39.5 Å². The van der Waals surface area contributed by atoms with Crippen LogP contribution in [0, 0.1) is 13.8 Å². The topological polar surface area (TPSA) is 45.2 Å². The van der Waals surface area contributed by atoms with Gasteiger partial charge in [-0.25, -0.2) is 4.98 Å². The first-order chi connectivity index (χ1) is 11.6. The van der Waals surface area contributed by atoms with E-state index < -0.39 is 0 Å². The average Bonchev–Trinajstić information content (AvgIpc) is 3.07. The Morgan fingerprint density at radius 3 is 2.75 bits per heavy atom. The van der Waals surface area contributed by atoms with Crippen molar-refractivity contribution in [1.82, 2.24) is 10.3 Å². The van der Waals surface area contributed by atoms with Gasteiger partial charge in [0.15, 0.2) is 5.13 Å². The first kappa shape index (κ1) is 17.0. The molecule has 2 aromatic rings. The smallest absolute Gasteiger partial charge is 0.251 e. The number of rotatable bonds is 5. The van der Waals surface area contributed by atoms with Crippen LogP contribution >= 0.6 is 11.3 Å². The Bertz CT molecular complexity index is 704. The number of anilines is 1. The van der Waals surface area contributed by atoms with Crippen LogP contribution in [0.1, 0.15) is 46.4 Å². The summed E-state index contributed by atoms with van der Waals surface area (Å²) in [6, 6.07) is 5.83. The maximum atomic E-state index is 12.2. The van der Waals surface area contributed by atoms with E-state index in [2.05, 4.69) is 22.5 Å². The minimum absolute atomic E-state index is 0.00964. The molecule has 24 heavy (non-hydrogen) atoms. The highest BCUT2D eigenvalue weighted by Crippen LogP contribution is 2.24. The number of nitrogens with zero attached hydrogens (tertiary/aromatic N) is 2. The zero-order chi connectivity index (χ0) is 16.9. The Morgan fingerprint density at radius 2 is 2.00 bits per heavy atom. The SMILES string of the molecule is Cc1ccc(C(=O)NCCc2csc(N3CCCCC3)n2)cc1C. The molecular weight excluding hydrogens is 318 g/mol. The molecule has 0 saturated carbocycles. The number of nitrogens with one attached hydrogen (secondary N) is 1. The average molecular weight is 343 g/mol. The molecule has 128 valence electrons. The molecule has 2 heterocycles. The molecule has 1 aromatic heterocycles. The van der Waals surface area contributed by atoms with E-state index in [1.807, 2.05) is 25.1 Å². The predicted molar refractivity (Wildman–Crippen MR) is 100 cm³/mol. The standard InChI is InChI=1S/C19H25N3OS/c1-14-6-7-16(12-15(14)2)18(23)20-9-8-17-13-24-19(21-17)22-10-4-3-5-11-22/h6-7,12-13H,3-5,8-11H2,1-2H3,(H,20,23). The van der Waals surface area contributed by atoms with E-state index in [0.717, 1.165) is 41.5 Å². The summed E-state index contributed by atoms with van der Waals surface area (Å²) in [7, 11) is 0. The molecule has 5 heteroatoms. The van der Waals surface area contributed by atoms with Gasteiger partial charge in [-0.05, 0) is 56.4 Å². The lowest BCUT2D eigenvalue weighted by Gasteiger charge is -2.25. The summed E-state index contributed by atoms with van der Waals surface area (Å²) in [4.78, 5) is 19.3. The van der Waals surface area contributed by atoms with Crippen LogP contribution in [0.15, 0.2) is 23.6 Å². The first-order valence-corrected chi connectivity index (χ1v) is 9.56. The molecule has 1 fully saturated rings. The lowest BCUT2D eigenvalue weighted by molar-refractivity contribution is 0.0954. The summed E-state index contributed by atoms with van der Waals surface area (Å²) in [5, 5.41) is 6.24. The molecule has 3 rings (SSSR count). The minimum atomic E-state index is -0.00964. The fraction of sp³-hybridized carbons (Fsp3) is 0.474. The van der Waals surface area contributed by atoms with Gasteiger partial charge in [-0.1, -0.05) is 6.07 Å². The van der Waals surface area contributed by atoms with Crippen LogP contribution in [0.2, 0.25) is 0 Å². The number of aromatic nitrogens is 1. The molecule has 0 spiro atoms. The summed E-state index contributed by atoms with van der Waals surface area (Å²) in [6.45, 7) is 6.95. The number of carbonyl (C=O) groups excluding carboxylic acids is 1. The molecule has 1 aromatic carbocycles. The molecule has 0 radical (unpaired) electrons. The predicted octanol–water partition coefficient (Wildman–Crippen LogP) is 3.72. The van der Waals surface area contributed by atoms with E-state index in [4.69, 9.17) is 4.98 Å². The number of benzene rings is 1. The number of piperidine rings is 1. The Morgan fingerprint density at radius 1 is 1.21 bits per heavy atom. The Balaban J connectivity index is 1.50. The van der Waals surface area contributed by atoms with Crippen LogP contribution in [-0.4, -0.2) is 30.5 Å². The van der Waals surface area contributed by atoms with E-state index in [-0.39, 0.29) is 5.91 Å². The van der Waals surface area contributed by atoms with Crippen LogP contribution in [0.3, 0.4) is 0 Å². The van der Waals surface area contributed by atoms with E-state index in [1.54, 1.807) is 11.3 Å². The third kappa shape index (κ3) is 4.15. The van der Waals surface area contributed by atoms with Crippen LogP contribution in [0.25, 0.3) is 0 Å². The van der Waals surface area contributed by atoms with Crippen molar-refractivity contribution in [2.24, 2.45) is 0 Å². The van der Waals surface area contributed by atoms with E-state index >= 15 is 0 Å². The van der Waals surface area contributed by atoms with Crippen LogP contribution in [0.4, 0.5) is 5.13 Å². The van der Waals surface area contributed by atoms with Crippen molar-refractivity contribution in [2.75, 3.05) is 24.5 Å². The van der Waals surface area contributed by atoms with E-state index in [9.17, 15) is 4.79 Å². The number of thiazole rings is 1. The van der Waals surface area contributed by atoms with Gasteiger partial charge in [-0.3, -0.25) is 4.79 Å². The highest BCUT2D eigenvalue weighted by atomic mass is 32.1. The van der Waals surface area contributed by atoms with Crippen molar-refractivity contribution in [3.05, 3.63) is 46.0 Å². The van der Waals surface area contributed by atoms with Crippen LogP contribution < -0.4 is 10.2 Å². The summed E-state index contributed by atoms with van der Waals surface area (Å²) < 4.78 is 0. The van der Waals surface area contributed by atoms with Crippen molar-refractivity contribution in [1.29, 1.82) is 0 Å². The Kier molecular flexibility index (Phi) is 5.51. The second kappa shape index (κ2) is 7.79. The van der Waals surface area contributed by atoms with Crippen molar-refractivity contribution < 1.29 is 4.79 Å². The lowest BCUT2D eigenvalue weighted by atomic mass is 10.1. The third-order valence-electron chi connectivity index (χ3n) is 4.60. The molecule has 0 bridgehead atoms. The minimum Gasteiger partial charge on any atom is -0.352 e. The second-order valence-electron chi connectivity index (χ2n) is 6.47. The van der Waals surface area contributed by atoms with Crippen molar-refractivity contribution in [3.8, 4) is 0 Å². The van der Waals surface area contributed by atoms with Gasteiger partial charge in [0.25, 0.3) is 5.91 Å². The fourth-order valence-electron chi connectivity index (χ4n) is 2.93. The molecule has 1 N–H and O–H groups in total. The summed E-state index contributed by atoms with van der Waals surface area (Å²) in [6.07, 6.45) is 4.64. The highest BCUT2D eigenvalue weighted by molar-refractivity contribution is 7.13. The van der Waals surface area contributed by atoms with Crippen molar-refractivity contribution >= 4 is 22.4 Å². The molecule has 1 aliphatic rings. The van der Waals surface area contributed by atoms with Gasteiger partial charge in [0.2, 0.25) is 0 Å². The van der Waals surface area contributed by atoms with Gasteiger partial charge in [-0.15, -0.1) is 11.3 Å². The van der Waals surface area contributed by atoms with Gasteiger partial charge in [0.1, 0.15) is 0 Å². The fourth-order valence-corrected chi connectivity index (χ4v) is 3.84. The largest absolute Gasteiger partial charge is 0.352 e. The normalized spacial score (nSPS) is 14.7. The van der Waals surface area contributed by atoms with Gasteiger partial charge in [0.05, 0.1) is 5.69 Å². The summed E-state index contributed by atoms with van der Waals surface area (Å²) >= 11 is 1.72. The van der Waals surface area contributed by atoms with Crippen molar-refractivity contribution in [3.63, 3.8) is 0 Å². The van der Waals surface area contributed by atoms with Gasteiger partial charge < -0.3 is 10.2 Å². The molecule has 0 atom stereocenters. The maximum absolute atomic E-state index is 12.2. The monoisotopic (exact) mass is 343 g/mol. The lowest BCUT2D eigenvalue weighted by Crippen LogP contribution is -2.29. The molecule has 0 unspecified atom stereocenters. The molecule has 1 amide bonds. The van der Waals surface area contributed by atoms with Gasteiger partial charge >= 0.3 is 0 Å². The molecule has 1 aliphatic heterocycles. The zero-order valence-corrected chi connectivity index (χ0v) is 15.3. The molecule has 0 aliphatic carbocycles. The summed E-state index contributed by atoms with van der Waals surface area (Å²) in [5.74, 6) is -0.00964. The number of hydrogen-bond acceptors (Lipinski definition) is 4. The second-order valence-corrected chi connectivity index (χ2v) is 7.31. The molecular formula is C19H25N3OS. The quantitative estimate of drug-likeness (QED) is 0.900. The number of aryl methyl sites for hydroxylation is 2. The van der Waals surface area contributed by atoms with Crippen LogP contribution in [-0.2, 0) is 6.42 Å². The molecule has 1 saturated heterocycles. The zero-order valence-electron chi connectivity index (χ0n) is 14.5. The van der Waals surface area contributed by atoms with E-state index in [1.165, 1.54) is 24.8 Å². The number of amides is 1. The third-order valence-corrected chi connectivity index (χ3v) is 5.55. The summed E-state index contributed by atoms with van der Waals surface area (Å²) in [5.41, 5.74) is 4.15. The number of hydrogen-bond donors (Lipinski definition) is 1. The number of carbonyl (C=O) groups is 1. The van der Waals surface area contributed by atoms with Gasteiger partial charge in [0, 0.05) is 37.0 Å². The Hall–Kier alpha value is -1.88. The van der Waals surface area contributed by atoms with E-state index in [0.29, 0.717) is 6.54 Å². The first-order valence-electron chi connectivity index (χ1n) is 8.68. The molecule has 4 nitrogen and oxygen atoms in total. The highest BCUT2D eigenvalue weighted by Gasteiger charge is 2.14. The maximum Gasteiger partial charge on any atom is 0.251 e.